The first-order valence-electron chi connectivity index (χ1n) is 5.55. The number of nitrogens with zero attached hydrogens (tertiary/aromatic N) is 2. The van der Waals surface area contributed by atoms with Crippen LogP contribution in [0.4, 0.5) is 21.7 Å². The molecule has 0 spiro atoms. The third-order valence-electron chi connectivity index (χ3n) is 2.58. The van der Waals surface area contributed by atoms with Gasteiger partial charge in [0.2, 0.25) is 0 Å². The van der Waals surface area contributed by atoms with Crippen molar-refractivity contribution >= 4 is 28.9 Å². The Morgan fingerprint density at radius 1 is 1.21 bits per heavy atom. The molecule has 19 heavy (non-hydrogen) atoms. The Kier molecular flexibility index (Phi) is 3.82. The maximum Gasteiger partial charge on any atom is 0.148 e. The fraction of sp³-hybridized carbons (Fsp3) is 0.167. The maximum atomic E-state index is 13.0. The molecule has 1 aromatic carbocycles. The summed E-state index contributed by atoms with van der Waals surface area (Å²) >= 11 is 5.96. The highest BCUT2D eigenvalue weighted by atomic mass is 35.5. The van der Waals surface area contributed by atoms with E-state index in [0.29, 0.717) is 23.1 Å². The van der Waals surface area contributed by atoms with Crippen LogP contribution in [0.1, 0.15) is 11.4 Å². The molecule has 2 rings (SSSR count). The summed E-state index contributed by atoms with van der Waals surface area (Å²) in [6.07, 6.45) is 0. The van der Waals surface area contributed by atoms with Crippen LogP contribution in [0.15, 0.2) is 18.2 Å². The lowest BCUT2D eigenvalue weighted by molar-refractivity contribution is 0.628. The fourth-order valence-electron chi connectivity index (χ4n) is 1.61. The van der Waals surface area contributed by atoms with Gasteiger partial charge >= 0.3 is 0 Å². The van der Waals surface area contributed by atoms with Gasteiger partial charge in [0.1, 0.15) is 23.3 Å². The quantitative estimate of drug-likeness (QED) is 0.596. The van der Waals surface area contributed by atoms with Crippen LogP contribution < -0.4 is 16.6 Å². The van der Waals surface area contributed by atoms with Gasteiger partial charge in [0, 0.05) is 5.56 Å². The molecular formula is C12H13ClFN5. The van der Waals surface area contributed by atoms with Crippen LogP contribution >= 0.6 is 11.6 Å². The second-order valence-electron chi connectivity index (χ2n) is 3.99. The van der Waals surface area contributed by atoms with Gasteiger partial charge in [0.25, 0.3) is 0 Å². The Morgan fingerprint density at radius 3 is 2.53 bits per heavy atom. The van der Waals surface area contributed by atoms with Crippen LogP contribution in [-0.2, 0) is 0 Å². The van der Waals surface area contributed by atoms with Crippen molar-refractivity contribution in [3.05, 3.63) is 40.4 Å². The Hall–Kier alpha value is -1.92. The van der Waals surface area contributed by atoms with Gasteiger partial charge in [-0.25, -0.2) is 20.2 Å². The number of aromatic nitrogens is 2. The highest BCUT2D eigenvalue weighted by Gasteiger charge is 2.10. The summed E-state index contributed by atoms with van der Waals surface area (Å²) in [5.74, 6) is 6.64. The van der Waals surface area contributed by atoms with E-state index in [1.54, 1.807) is 13.0 Å². The number of halogens is 2. The second kappa shape index (κ2) is 5.38. The molecule has 0 atom stereocenters. The third kappa shape index (κ3) is 2.91. The van der Waals surface area contributed by atoms with Crippen molar-refractivity contribution in [2.24, 2.45) is 5.84 Å². The minimum absolute atomic E-state index is 0.276. The molecular weight excluding hydrogens is 269 g/mol. The van der Waals surface area contributed by atoms with E-state index >= 15 is 0 Å². The van der Waals surface area contributed by atoms with Gasteiger partial charge in [-0.15, -0.1) is 0 Å². The summed E-state index contributed by atoms with van der Waals surface area (Å²) in [6, 6.07) is 4.10. The summed E-state index contributed by atoms with van der Waals surface area (Å²) in [5, 5.41) is 3.31. The van der Waals surface area contributed by atoms with E-state index < -0.39 is 5.82 Å². The largest absolute Gasteiger partial charge is 0.339 e. The number of benzene rings is 1. The summed E-state index contributed by atoms with van der Waals surface area (Å²) in [4.78, 5) is 8.42. The van der Waals surface area contributed by atoms with E-state index in [1.165, 1.54) is 12.1 Å². The number of hydrogen-bond acceptors (Lipinski definition) is 5. The number of aryl methyl sites for hydroxylation is 1. The summed E-state index contributed by atoms with van der Waals surface area (Å²) < 4.78 is 13.0. The first-order valence-corrected chi connectivity index (χ1v) is 5.93. The van der Waals surface area contributed by atoms with Crippen molar-refractivity contribution in [1.82, 2.24) is 9.97 Å². The molecule has 0 aliphatic rings. The minimum atomic E-state index is -0.393. The lowest BCUT2D eigenvalue weighted by atomic mass is 10.2. The standard InChI is InChI=1S/C12H13ClFN5/c1-6-11(16-7(2)17-12(6)19-15)18-10-4-3-8(14)5-9(10)13/h3-5H,15H2,1-2H3,(H2,16,17,18,19). The Balaban J connectivity index is 2.40. The van der Waals surface area contributed by atoms with Crippen molar-refractivity contribution in [3.63, 3.8) is 0 Å². The molecule has 1 aromatic heterocycles. The number of anilines is 3. The van der Waals surface area contributed by atoms with Gasteiger partial charge in [-0.1, -0.05) is 11.6 Å². The molecule has 0 bridgehead atoms. The molecule has 5 nitrogen and oxygen atoms in total. The molecule has 4 N–H and O–H groups in total. The summed E-state index contributed by atoms with van der Waals surface area (Å²) in [7, 11) is 0. The Labute approximate surface area is 115 Å². The lowest BCUT2D eigenvalue weighted by Crippen LogP contribution is -2.13. The van der Waals surface area contributed by atoms with Crippen LogP contribution in [0.3, 0.4) is 0 Å². The molecule has 0 saturated carbocycles. The monoisotopic (exact) mass is 281 g/mol. The molecule has 0 saturated heterocycles. The SMILES string of the molecule is Cc1nc(NN)c(C)c(Nc2ccc(F)cc2Cl)n1. The van der Waals surface area contributed by atoms with Gasteiger partial charge in [-0.3, -0.25) is 0 Å². The zero-order valence-corrected chi connectivity index (χ0v) is 11.2. The van der Waals surface area contributed by atoms with Crippen LogP contribution in [-0.4, -0.2) is 9.97 Å². The van der Waals surface area contributed by atoms with Crippen molar-refractivity contribution in [1.29, 1.82) is 0 Å². The normalized spacial score (nSPS) is 10.4. The summed E-state index contributed by atoms with van der Waals surface area (Å²) in [5.41, 5.74) is 3.81. The van der Waals surface area contributed by atoms with Crippen LogP contribution in [0, 0.1) is 19.7 Å². The average molecular weight is 282 g/mol. The van der Waals surface area contributed by atoms with Gasteiger partial charge in [-0.05, 0) is 32.0 Å². The van der Waals surface area contributed by atoms with Crippen molar-refractivity contribution < 1.29 is 4.39 Å². The molecule has 100 valence electrons. The number of hydrogen-bond donors (Lipinski definition) is 3. The van der Waals surface area contributed by atoms with E-state index in [-0.39, 0.29) is 5.02 Å². The van der Waals surface area contributed by atoms with Gasteiger partial charge in [0.05, 0.1) is 10.7 Å². The number of hydrazine groups is 1. The Morgan fingerprint density at radius 2 is 1.89 bits per heavy atom. The van der Waals surface area contributed by atoms with Gasteiger partial charge in [0.15, 0.2) is 0 Å². The van der Waals surface area contributed by atoms with Gasteiger partial charge < -0.3 is 10.7 Å². The second-order valence-corrected chi connectivity index (χ2v) is 4.39. The Bertz CT molecular complexity index is 617. The van der Waals surface area contributed by atoms with E-state index in [4.69, 9.17) is 17.4 Å². The number of nitrogens with two attached hydrogens (primary N) is 1. The smallest absolute Gasteiger partial charge is 0.148 e. The molecule has 0 fully saturated rings. The highest BCUT2D eigenvalue weighted by molar-refractivity contribution is 6.33. The predicted octanol–water partition coefficient (Wildman–Crippen LogP) is 2.92. The third-order valence-corrected chi connectivity index (χ3v) is 2.89. The molecule has 1 heterocycles. The van der Waals surface area contributed by atoms with Crippen LogP contribution in [0.25, 0.3) is 0 Å². The zero-order chi connectivity index (χ0) is 14.0. The van der Waals surface area contributed by atoms with E-state index in [9.17, 15) is 4.39 Å². The van der Waals surface area contributed by atoms with Gasteiger partial charge in [-0.2, -0.15) is 0 Å². The first kappa shape index (κ1) is 13.5. The number of nitrogen functional groups attached to an aromatic ring is 1. The van der Waals surface area contributed by atoms with E-state index in [2.05, 4.69) is 20.7 Å². The highest BCUT2D eigenvalue weighted by Crippen LogP contribution is 2.28. The predicted molar refractivity (Wildman–Crippen MR) is 74.0 cm³/mol. The molecule has 0 aliphatic carbocycles. The van der Waals surface area contributed by atoms with Crippen LogP contribution in [0.5, 0.6) is 0 Å². The zero-order valence-electron chi connectivity index (χ0n) is 10.5. The fourth-order valence-corrected chi connectivity index (χ4v) is 1.82. The molecule has 0 amide bonds. The molecule has 0 aliphatic heterocycles. The van der Waals surface area contributed by atoms with Crippen molar-refractivity contribution in [2.75, 3.05) is 10.7 Å². The molecule has 7 heteroatoms. The maximum absolute atomic E-state index is 13.0. The summed E-state index contributed by atoms with van der Waals surface area (Å²) in [6.45, 7) is 3.56. The van der Waals surface area contributed by atoms with Crippen molar-refractivity contribution in [2.45, 2.75) is 13.8 Å². The average Bonchev–Trinajstić information content (AvgIpc) is 2.36. The van der Waals surface area contributed by atoms with E-state index in [0.717, 1.165) is 5.56 Å². The topological polar surface area (TPSA) is 75.9 Å². The number of nitrogens with one attached hydrogen (secondary N) is 2. The molecule has 0 radical (unpaired) electrons. The van der Waals surface area contributed by atoms with Crippen LogP contribution in [0.2, 0.25) is 5.02 Å². The van der Waals surface area contributed by atoms with E-state index in [1.807, 2.05) is 6.92 Å². The molecule has 2 aromatic rings. The minimum Gasteiger partial charge on any atom is -0.339 e. The number of rotatable bonds is 3. The molecule has 0 unspecified atom stereocenters. The lowest BCUT2D eigenvalue weighted by Gasteiger charge is -2.13. The van der Waals surface area contributed by atoms with Crippen molar-refractivity contribution in [3.8, 4) is 0 Å². The first-order chi connectivity index (χ1) is 9.01.